The van der Waals surface area contributed by atoms with Gasteiger partial charge in [0.05, 0.1) is 36.0 Å². The molecule has 228 valence electrons. The van der Waals surface area contributed by atoms with Crippen LogP contribution in [0.5, 0.6) is 0 Å². The Kier molecular flexibility index (Phi) is 8.83. The molecule has 3 N–H and O–H groups in total. The Hall–Kier alpha value is -5.33. The van der Waals surface area contributed by atoms with Crippen molar-refractivity contribution in [2.75, 3.05) is 24.1 Å². The van der Waals surface area contributed by atoms with Crippen LogP contribution in [0.1, 0.15) is 61.8 Å². The number of nitrogens with zero attached hydrogens (tertiary/aromatic N) is 6. The minimum Gasteiger partial charge on any atom is -0.444 e. The third kappa shape index (κ3) is 7.35. The monoisotopic (exact) mass is 598 g/mol. The summed E-state index contributed by atoms with van der Waals surface area (Å²) < 4.78 is 13.0. The Labute approximate surface area is 254 Å². The third-order valence-corrected chi connectivity index (χ3v) is 6.88. The molecule has 44 heavy (non-hydrogen) atoms. The molecule has 3 aromatic heterocycles. The van der Waals surface area contributed by atoms with Crippen molar-refractivity contribution in [2.24, 2.45) is 0 Å². The molecule has 13 nitrogen and oxygen atoms in total. The van der Waals surface area contributed by atoms with Gasteiger partial charge in [0, 0.05) is 36.6 Å². The SMILES string of the molecule is CC(C)(C)OC(=O)N1CCC(n2cc(-c3cnc(N)c(C(=O)O[C@@H](C(=O)Nc4cccnc4)c4ccccc4)n3)cn2)CC1. The van der Waals surface area contributed by atoms with E-state index in [1.807, 2.05) is 31.6 Å². The number of carbonyl (C=O) groups is 3. The largest absolute Gasteiger partial charge is 0.444 e. The molecular weight excluding hydrogens is 564 g/mol. The van der Waals surface area contributed by atoms with E-state index in [1.54, 1.807) is 59.8 Å². The highest BCUT2D eigenvalue weighted by Crippen LogP contribution is 2.27. The van der Waals surface area contributed by atoms with Gasteiger partial charge in [-0.1, -0.05) is 30.3 Å². The van der Waals surface area contributed by atoms with Crippen LogP contribution in [0.4, 0.5) is 16.3 Å². The summed E-state index contributed by atoms with van der Waals surface area (Å²) in [6, 6.07) is 12.0. The number of carbonyl (C=O) groups excluding carboxylic acids is 3. The van der Waals surface area contributed by atoms with Gasteiger partial charge in [-0.05, 0) is 45.7 Å². The van der Waals surface area contributed by atoms with Crippen LogP contribution in [0.25, 0.3) is 11.3 Å². The lowest BCUT2D eigenvalue weighted by atomic mass is 10.1. The fourth-order valence-corrected chi connectivity index (χ4v) is 4.71. The second-order valence-electron chi connectivity index (χ2n) is 11.3. The Bertz CT molecular complexity index is 1610. The van der Waals surface area contributed by atoms with Gasteiger partial charge >= 0.3 is 12.1 Å². The van der Waals surface area contributed by atoms with Crippen molar-refractivity contribution >= 4 is 29.5 Å². The number of benzene rings is 1. The molecular formula is C31H34N8O5. The van der Waals surface area contributed by atoms with Gasteiger partial charge < -0.3 is 25.4 Å². The zero-order valence-corrected chi connectivity index (χ0v) is 24.7. The van der Waals surface area contributed by atoms with E-state index in [-0.39, 0.29) is 23.6 Å². The van der Waals surface area contributed by atoms with Crippen molar-refractivity contribution in [3.63, 3.8) is 0 Å². The summed E-state index contributed by atoms with van der Waals surface area (Å²) >= 11 is 0. The Morgan fingerprint density at radius 3 is 2.45 bits per heavy atom. The number of nitrogens with two attached hydrogens (primary N) is 1. The number of nitrogen functional groups attached to an aromatic ring is 1. The van der Waals surface area contributed by atoms with E-state index in [0.717, 1.165) is 0 Å². The van der Waals surface area contributed by atoms with Crippen molar-refractivity contribution in [1.29, 1.82) is 0 Å². The number of anilines is 2. The highest BCUT2D eigenvalue weighted by Gasteiger charge is 2.30. The first-order chi connectivity index (χ1) is 21.1. The molecule has 4 heterocycles. The summed E-state index contributed by atoms with van der Waals surface area (Å²) in [6.45, 7) is 6.62. The molecule has 0 saturated carbocycles. The normalized spacial score (nSPS) is 14.5. The fraction of sp³-hybridized carbons (Fsp3) is 0.323. The first kappa shape index (κ1) is 30.1. The standard InChI is InChI=1S/C31H34N8O5/c1-31(2,3)44-30(42)38-14-11-23(12-15-38)39-19-21(16-35-39)24-18-34-27(32)25(37-24)29(41)43-26(20-8-5-4-6-9-20)28(40)36-22-10-7-13-33-17-22/h4-10,13,16-19,23,26H,11-12,14-15H2,1-3H3,(H2,32,34)(H,36,40)/t26-/m1/s1. The number of hydrogen-bond acceptors (Lipinski definition) is 10. The second-order valence-corrected chi connectivity index (χ2v) is 11.3. The quantitative estimate of drug-likeness (QED) is 0.291. The molecule has 1 atom stereocenters. The molecule has 5 rings (SSSR count). The molecule has 0 bridgehead atoms. The maximum absolute atomic E-state index is 13.4. The van der Waals surface area contributed by atoms with Gasteiger partial charge in [0.1, 0.15) is 5.60 Å². The van der Waals surface area contributed by atoms with Gasteiger partial charge in [-0.2, -0.15) is 5.10 Å². The average molecular weight is 599 g/mol. The summed E-state index contributed by atoms with van der Waals surface area (Å²) in [5.41, 5.74) is 7.15. The van der Waals surface area contributed by atoms with Gasteiger partial charge in [-0.25, -0.2) is 19.6 Å². The van der Waals surface area contributed by atoms with Crippen LogP contribution in [-0.4, -0.2) is 66.3 Å². The summed E-state index contributed by atoms with van der Waals surface area (Å²) in [4.78, 5) is 53.3. The Balaban J connectivity index is 1.29. The predicted molar refractivity (Wildman–Crippen MR) is 161 cm³/mol. The van der Waals surface area contributed by atoms with E-state index < -0.39 is 23.6 Å². The third-order valence-electron chi connectivity index (χ3n) is 6.88. The van der Waals surface area contributed by atoms with Crippen LogP contribution in [-0.2, 0) is 14.3 Å². The number of pyridine rings is 1. The first-order valence-corrected chi connectivity index (χ1v) is 14.2. The zero-order chi connectivity index (χ0) is 31.3. The number of hydrogen-bond donors (Lipinski definition) is 2. The number of rotatable bonds is 7. The zero-order valence-electron chi connectivity index (χ0n) is 24.7. The van der Waals surface area contributed by atoms with Crippen LogP contribution in [0, 0.1) is 0 Å². The van der Waals surface area contributed by atoms with Gasteiger partial charge in [0.15, 0.2) is 11.5 Å². The van der Waals surface area contributed by atoms with E-state index in [4.69, 9.17) is 15.2 Å². The van der Waals surface area contributed by atoms with Crippen LogP contribution in [0.15, 0.2) is 73.4 Å². The molecule has 0 radical (unpaired) electrons. The summed E-state index contributed by atoms with van der Waals surface area (Å²) in [5.74, 6) is -1.62. The van der Waals surface area contributed by atoms with Crippen LogP contribution in [0.3, 0.4) is 0 Å². The lowest BCUT2D eigenvalue weighted by Crippen LogP contribution is -2.42. The van der Waals surface area contributed by atoms with Crippen molar-refractivity contribution in [3.8, 4) is 11.3 Å². The lowest BCUT2D eigenvalue weighted by molar-refractivity contribution is -0.125. The molecule has 2 amide bonds. The van der Waals surface area contributed by atoms with E-state index in [1.165, 1.54) is 12.4 Å². The lowest BCUT2D eigenvalue weighted by Gasteiger charge is -2.33. The number of ether oxygens (including phenoxy) is 2. The summed E-state index contributed by atoms with van der Waals surface area (Å²) in [5, 5.41) is 7.22. The average Bonchev–Trinajstić information content (AvgIpc) is 3.50. The van der Waals surface area contributed by atoms with Gasteiger partial charge in [-0.15, -0.1) is 0 Å². The van der Waals surface area contributed by atoms with Crippen molar-refractivity contribution in [1.82, 2.24) is 29.6 Å². The second kappa shape index (κ2) is 12.9. The van der Waals surface area contributed by atoms with E-state index in [9.17, 15) is 14.4 Å². The molecule has 1 aromatic carbocycles. The maximum atomic E-state index is 13.4. The number of esters is 1. The molecule has 0 spiro atoms. The van der Waals surface area contributed by atoms with E-state index >= 15 is 0 Å². The fourth-order valence-electron chi connectivity index (χ4n) is 4.71. The van der Waals surface area contributed by atoms with Crippen molar-refractivity contribution in [3.05, 3.63) is 84.7 Å². The minimum atomic E-state index is -1.29. The van der Waals surface area contributed by atoms with Crippen LogP contribution in [0.2, 0.25) is 0 Å². The van der Waals surface area contributed by atoms with Crippen molar-refractivity contribution < 1.29 is 23.9 Å². The predicted octanol–water partition coefficient (Wildman–Crippen LogP) is 4.43. The molecule has 1 aliphatic rings. The first-order valence-electron chi connectivity index (χ1n) is 14.2. The number of aromatic nitrogens is 5. The summed E-state index contributed by atoms with van der Waals surface area (Å²) in [6.07, 6.45) is 7.75. The number of piperidine rings is 1. The minimum absolute atomic E-state index is 0.0681. The number of nitrogens with one attached hydrogen (secondary N) is 1. The van der Waals surface area contributed by atoms with Gasteiger partial charge in [0.25, 0.3) is 5.91 Å². The summed E-state index contributed by atoms with van der Waals surface area (Å²) in [7, 11) is 0. The molecule has 1 saturated heterocycles. The smallest absolute Gasteiger partial charge is 0.410 e. The number of likely N-dealkylation sites (tertiary alicyclic amines) is 1. The topological polar surface area (TPSA) is 167 Å². The van der Waals surface area contributed by atoms with E-state index in [2.05, 4.69) is 25.4 Å². The van der Waals surface area contributed by atoms with E-state index in [0.29, 0.717) is 48.4 Å². The molecule has 4 aromatic rings. The molecule has 0 aliphatic carbocycles. The maximum Gasteiger partial charge on any atom is 0.410 e. The molecule has 13 heteroatoms. The van der Waals surface area contributed by atoms with Crippen LogP contribution >= 0.6 is 0 Å². The highest BCUT2D eigenvalue weighted by molar-refractivity contribution is 5.99. The van der Waals surface area contributed by atoms with Gasteiger partial charge in [0.2, 0.25) is 6.10 Å². The Morgan fingerprint density at radius 2 is 1.77 bits per heavy atom. The van der Waals surface area contributed by atoms with Crippen LogP contribution < -0.4 is 11.1 Å². The van der Waals surface area contributed by atoms with Gasteiger partial charge in [-0.3, -0.25) is 14.5 Å². The molecule has 1 aliphatic heterocycles. The molecule has 0 unspecified atom stereocenters. The Morgan fingerprint density at radius 1 is 1.02 bits per heavy atom. The molecule has 1 fully saturated rings. The highest BCUT2D eigenvalue weighted by atomic mass is 16.6. The van der Waals surface area contributed by atoms with Crippen molar-refractivity contribution in [2.45, 2.75) is 51.4 Å². The number of amides is 2.